The van der Waals surface area contributed by atoms with Gasteiger partial charge in [-0.05, 0) is 48.2 Å². The van der Waals surface area contributed by atoms with Crippen molar-refractivity contribution in [2.45, 2.75) is 18.9 Å². The molecule has 1 N–H and O–H groups in total. The molecular weight excluding hydrogens is 376 g/mol. The highest BCUT2D eigenvalue weighted by Crippen LogP contribution is 2.21. The Bertz CT molecular complexity index is 980. The fraction of sp³-hybridized carbons (Fsp3) is 0.200. The number of piperidine rings is 1. The minimum atomic E-state index is -0.456. The van der Waals surface area contributed by atoms with Crippen molar-refractivity contribution in [3.63, 3.8) is 0 Å². The van der Waals surface area contributed by atoms with E-state index in [1.165, 1.54) is 0 Å². The fourth-order valence-corrected chi connectivity index (χ4v) is 3.64. The van der Waals surface area contributed by atoms with Crippen LogP contribution in [0.2, 0.25) is 0 Å². The highest BCUT2D eigenvalue weighted by molar-refractivity contribution is 5.94. The minimum Gasteiger partial charge on any atom is -0.410 e. The molecule has 0 bridgehead atoms. The zero-order chi connectivity index (χ0) is 20.8. The third-order valence-corrected chi connectivity index (χ3v) is 5.30. The zero-order valence-corrected chi connectivity index (χ0v) is 16.7. The summed E-state index contributed by atoms with van der Waals surface area (Å²) >= 11 is 0. The number of rotatable bonds is 4. The Hall–Kier alpha value is -3.60. The maximum absolute atomic E-state index is 12.8. The summed E-state index contributed by atoms with van der Waals surface area (Å²) in [5.41, 5.74) is 2.90. The molecule has 1 aliphatic heterocycles. The molecule has 0 aliphatic carbocycles. The van der Waals surface area contributed by atoms with E-state index >= 15 is 0 Å². The van der Waals surface area contributed by atoms with Crippen LogP contribution in [0.4, 0.5) is 4.79 Å². The van der Waals surface area contributed by atoms with Crippen molar-refractivity contribution in [1.82, 2.24) is 10.2 Å². The average molecular weight is 400 g/mol. The number of amides is 2. The molecule has 0 spiro atoms. The molecule has 1 saturated heterocycles. The molecule has 30 heavy (non-hydrogen) atoms. The third kappa shape index (κ3) is 4.87. The first kappa shape index (κ1) is 19.7. The maximum Gasteiger partial charge on any atom is 0.412 e. The topological polar surface area (TPSA) is 58.6 Å². The van der Waals surface area contributed by atoms with Gasteiger partial charge in [0.2, 0.25) is 0 Å². The van der Waals surface area contributed by atoms with E-state index in [0.29, 0.717) is 37.2 Å². The van der Waals surface area contributed by atoms with Crippen LogP contribution in [-0.2, 0) is 0 Å². The predicted octanol–water partition coefficient (Wildman–Crippen LogP) is 4.75. The summed E-state index contributed by atoms with van der Waals surface area (Å²) in [6, 6.07) is 26.8. The lowest BCUT2D eigenvalue weighted by Gasteiger charge is -2.32. The summed E-state index contributed by atoms with van der Waals surface area (Å²) in [6.45, 7) is 1.21. The van der Waals surface area contributed by atoms with E-state index in [-0.39, 0.29) is 11.9 Å². The SMILES string of the molecule is O=C(NC1CCN(C(=O)c2ccc(-c3ccccc3)cc2)CC1)Oc1ccccc1. The van der Waals surface area contributed by atoms with Gasteiger partial charge in [0.1, 0.15) is 5.75 Å². The normalized spacial score (nSPS) is 14.2. The van der Waals surface area contributed by atoms with Gasteiger partial charge in [-0.25, -0.2) is 4.79 Å². The Kier molecular flexibility index (Phi) is 6.09. The number of hydrogen-bond acceptors (Lipinski definition) is 3. The first-order valence-electron chi connectivity index (χ1n) is 10.2. The van der Waals surface area contributed by atoms with Crippen molar-refractivity contribution in [1.29, 1.82) is 0 Å². The second-order valence-electron chi connectivity index (χ2n) is 7.36. The highest BCUT2D eigenvalue weighted by atomic mass is 16.6. The van der Waals surface area contributed by atoms with E-state index in [2.05, 4.69) is 17.4 Å². The van der Waals surface area contributed by atoms with Gasteiger partial charge in [-0.2, -0.15) is 0 Å². The summed E-state index contributed by atoms with van der Waals surface area (Å²) in [7, 11) is 0. The van der Waals surface area contributed by atoms with E-state index < -0.39 is 6.09 Å². The molecule has 1 heterocycles. The van der Waals surface area contributed by atoms with Crippen LogP contribution in [0.15, 0.2) is 84.9 Å². The summed E-state index contributed by atoms with van der Waals surface area (Å²) in [6.07, 6.45) is 0.956. The van der Waals surface area contributed by atoms with Gasteiger partial charge in [0.25, 0.3) is 5.91 Å². The highest BCUT2D eigenvalue weighted by Gasteiger charge is 2.25. The summed E-state index contributed by atoms with van der Waals surface area (Å²) in [4.78, 5) is 26.7. The van der Waals surface area contributed by atoms with E-state index in [4.69, 9.17) is 4.74 Å². The number of likely N-dealkylation sites (tertiary alicyclic amines) is 1. The average Bonchev–Trinajstić information content (AvgIpc) is 2.80. The molecule has 0 aromatic heterocycles. The fourth-order valence-electron chi connectivity index (χ4n) is 3.64. The largest absolute Gasteiger partial charge is 0.412 e. The van der Waals surface area contributed by atoms with Crippen molar-refractivity contribution >= 4 is 12.0 Å². The number of hydrogen-bond donors (Lipinski definition) is 1. The van der Waals surface area contributed by atoms with Crippen LogP contribution in [0, 0.1) is 0 Å². The Morgan fingerprint density at radius 3 is 1.97 bits per heavy atom. The van der Waals surface area contributed by atoms with Gasteiger partial charge < -0.3 is 15.0 Å². The van der Waals surface area contributed by atoms with Crippen LogP contribution >= 0.6 is 0 Å². The predicted molar refractivity (Wildman–Crippen MR) is 116 cm³/mol. The van der Waals surface area contributed by atoms with Crippen LogP contribution in [0.5, 0.6) is 5.75 Å². The van der Waals surface area contributed by atoms with Gasteiger partial charge in [0.15, 0.2) is 0 Å². The molecular formula is C25H24N2O3. The van der Waals surface area contributed by atoms with Gasteiger partial charge in [-0.15, -0.1) is 0 Å². The van der Waals surface area contributed by atoms with Crippen LogP contribution in [0.25, 0.3) is 11.1 Å². The number of para-hydroxylation sites is 1. The van der Waals surface area contributed by atoms with E-state index in [1.54, 1.807) is 12.1 Å². The molecule has 0 atom stereocenters. The Morgan fingerprint density at radius 2 is 1.33 bits per heavy atom. The van der Waals surface area contributed by atoms with Crippen molar-refractivity contribution in [2.75, 3.05) is 13.1 Å². The molecule has 152 valence electrons. The van der Waals surface area contributed by atoms with Crippen molar-refractivity contribution in [3.8, 4) is 16.9 Å². The number of carbonyl (C=O) groups is 2. The van der Waals surface area contributed by atoms with Gasteiger partial charge in [0, 0.05) is 24.7 Å². The standard InChI is InChI=1S/C25H24N2O3/c28-24(21-13-11-20(12-14-21)19-7-3-1-4-8-19)27-17-15-22(16-18-27)26-25(29)30-23-9-5-2-6-10-23/h1-14,22H,15-18H2,(H,26,29). The molecule has 1 aliphatic rings. The molecule has 4 rings (SSSR count). The summed E-state index contributed by atoms with van der Waals surface area (Å²) in [5, 5.41) is 2.89. The summed E-state index contributed by atoms with van der Waals surface area (Å²) in [5.74, 6) is 0.543. The lowest BCUT2D eigenvalue weighted by atomic mass is 10.0. The molecule has 3 aromatic rings. The van der Waals surface area contributed by atoms with Crippen LogP contribution < -0.4 is 10.1 Å². The smallest absolute Gasteiger partial charge is 0.410 e. The van der Waals surface area contributed by atoms with Crippen molar-refractivity contribution < 1.29 is 14.3 Å². The molecule has 1 fully saturated rings. The lowest BCUT2D eigenvalue weighted by Crippen LogP contribution is -2.47. The van der Waals surface area contributed by atoms with Crippen molar-refractivity contribution in [3.05, 3.63) is 90.5 Å². The second-order valence-corrected chi connectivity index (χ2v) is 7.36. The van der Waals surface area contributed by atoms with Crippen molar-refractivity contribution in [2.24, 2.45) is 0 Å². The van der Waals surface area contributed by atoms with Gasteiger partial charge in [0.05, 0.1) is 0 Å². The molecule has 5 heteroatoms. The minimum absolute atomic E-state index is 0.00530. The first-order chi connectivity index (χ1) is 14.7. The first-order valence-corrected chi connectivity index (χ1v) is 10.2. The Balaban J connectivity index is 1.28. The van der Waals surface area contributed by atoms with E-state index in [1.807, 2.05) is 65.6 Å². The van der Waals surface area contributed by atoms with E-state index in [9.17, 15) is 9.59 Å². The van der Waals surface area contributed by atoms with Gasteiger partial charge >= 0.3 is 6.09 Å². The number of nitrogens with zero attached hydrogens (tertiary/aromatic N) is 1. The third-order valence-electron chi connectivity index (χ3n) is 5.30. The Morgan fingerprint density at radius 1 is 0.767 bits per heavy atom. The quantitative estimate of drug-likeness (QED) is 0.688. The number of carbonyl (C=O) groups excluding carboxylic acids is 2. The van der Waals surface area contributed by atoms with Crippen LogP contribution in [0.1, 0.15) is 23.2 Å². The van der Waals surface area contributed by atoms with Crippen LogP contribution in [0.3, 0.4) is 0 Å². The van der Waals surface area contributed by atoms with Gasteiger partial charge in [-0.1, -0.05) is 60.7 Å². The summed E-state index contributed by atoms with van der Waals surface area (Å²) < 4.78 is 5.28. The van der Waals surface area contributed by atoms with Crippen LogP contribution in [-0.4, -0.2) is 36.0 Å². The monoisotopic (exact) mass is 400 g/mol. The number of benzene rings is 3. The molecule has 3 aromatic carbocycles. The zero-order valence-electron chi connectivity index (χ0n) is 16.7. The second kappa shape index (κ2) is 9.27. The number of nitrogens with one attached hydrogen (secondary N) is 1. The van der Waals surface area contributed by atoms with E-state index in [0.717, 1.165) is 11.1 Å². The maximum atomic E-state index is 12.8. The molecule has 5 nitrogen and oxygen atoms in total. The molecule has 2 amide bonds. The number of ether oxygens (including phenoxy) is 1. The Labute approximate surface area is 176 Å². The molecule has 0 saturated carbocycles. The lowest BCUT2D eigenvalue weighted by molar-refractivity contribution is 0.0706. The molecule has 0 unspecified atom stereocenters. The van der Waals surface area contributed by atoms with Gasteiger partial charge in [-0.3, -0.25) is 4.79 Å². The molecule has 0 radical (unpaired) electrons.